The van der Waals surface area contributed by atoms with E-state index in [4.69, 9.17) is 4.74 Å². The van der Waals surface area contributed by atoms with Crippen molar-refractivity contribution in [3.63, 3.8) is 0 Å². The van der Waals surface area contributed by atoms with Gasteiger partial charge in [0.15, 0.2) is 0 Å². The van der Waals surface area contributed by atoms with Crippen LogP contribution >= 0.6 is 0 Å². The molecule has 14 heavy (non-hydrogen) atoms. The molecule has 0 aromatic rings. The molecule has 76 valence electrons. The Kier molecular flexibility index (Phi) is 4.09. The molecule has 4 nitrogen and oxygen atoms in total. The molecule has 1 saturated heterocycles. The molecule has 1 aliphatic heterocycles. The zero-order chi connectivity index (χ0) is 10.3. The van der Waals surface area contributed by atoms with Crippen molar-refractivity contribution in [2.75, 3.05) is 6.61 Å². The van der Waals surface area contributed by atoms with E-state index < -0.39 is 11.8 Å². The summed E-state index contributed by atoms with van der Waals surface area (Å²) in [5.74, 6) is 0. The zero-order valence-corrected chi connectivity index (χ0v) is 9.59. The van der Waals surface area contributed by atoms with Crippen LogP contribution in [-0.4, -0.2) is 28.9 Å². The predicted molar refractivity (Wildman–Crippen MR) is 47.8 cm³/mol. The number of hydrogen-bond acceptors (Lipinski definition) is 3. The van der Waals surface area contributed by atoms with Crippen LogP contribution in [-0.2, 0) is 9.47 Å². The molecule has 0 atom stereocenters. The Bertz CT molecular complexity index is 212. The van der Waals surface area contributed by atoms with Gasteiger partial charge in [-0.05, 0) is 27.7 Å². The van der Waals surface area contributed by atoms with Crippen molar-refractivity contribution in [2.45, 2.75) is 39.0 Å². The van der Waals surface area contributed by atoms with Crippen molar-refractivity contribution >= 4 is 6.09 Å². The maximum absolute atomic E-state index is 11.4. The first-order chi connectivity index (χ1) is 5.81. The Balaban J connectivity index is 0.00000169. The summed E-state index contributed by atoms with van der Waals surface area (Å²) in [6, 6.07) is 0. The van der Waals surface area contributed by atoms with Crippen LogP contribution in [0.2, 0.25) is 0 Å². The molecule has 0 radical (unpaired) electrons. The molecule has 0 aliphatic carbocycles. The first kappa shape index (κ1) is 13.8. The average Bonchev–Trinajstić information content (AvgIpc) is 2.20. The molecular formula is C9H16LiNO3. The molecule has 1 heterocycles. The smallest absolute Gasteiger partial charge is 0.624 e. The van der Waals surface area contributed by atoms with Crippen molar-refractivity contribution < 1.29 is 33.1 Å². The third-order valence-electron chi connectivity index (χ3n) is 2.23. The van der Waals surface area contributed by atoms with E-state index in [1.54, 1.807) is 4.90 Å². The molecule has 5 heteroatoms. The van der Waals surface area contributed by atoms with E-state index in [0.717, 1.165) is 0 Å². The van der Waals surface area contributed by atoms with Crippen LogP contribution < -0.4 is 18.9 Å². The van der Waals surface area contributed by atoms with Gasteiger partial charge in [0.2, 0.25) is 0 Å². The van der Waals surface area contributed by atoms with Gasteiger partial charge < -0.3 is 9.47 Å². The van der Waals surface area contributed by atoms with Gasteiger partial charge in [-0.25, -0.2) is 4.79 Å². The van der Waals surface area contributed by atoms with Gasteiger partial charge in [0.25, 0.3) is 0 Å². The molecule has 0 bridgehead atoms. The summed E-state index contributed by atoms with van der Waals surface area (Å²) in [6.45, 7) is 8.03. The second-order valence-electron chi connectivity index (χ2n) is 4.29. The third kappa shape index (κ3) is 2.25. The number of carbonyl (C=O) groups excluding carboxylic acids is 1. The third-order valence-corrected chi connectivity index (χ3v) is 2.23. The van der Waals surface area contributed by atoms with Gasteiger partial charge in [0.1, 0.15) is 5.72 Å². The summed E-state index contributed by atoms with van der Waals surface area (Å²) in [7, 11) is 3.11. The van der Waals surface area contributed by atoms with E-state index in [-0.39, 0.29) is 24.4 Å². The average molecular weight is 193 g/mol. The number of nitrogens with zero attached hydrogens (tertiary/aromatic N) is 1. The Morgan fingerprint density at radius 1 is 1.43 bits per heavy atom. The van der Waals surface area contributed by atoms with Crippen molar-refractivity contribution in [3.05, 3.63) is 7.11 Å². The summed E-state index contributed by atoms with van der Waals surface area (Å²) in [5.41, 5.74) is -0.948. The van der Waals surface area contributed by atoms with Crippen molar-refractivity contribution in [1.82, 2.24) is 4.90 Å². The molecule has 0 aromatic heterocycles. The van der Waals surface area contributed by atoms with Gasteiger partial charge in [0.05, 0.1) is 12.1 Å². The molecule has 1 rings (SSSR count). The largest absolute Gasteiger partial charge is 1.00 e. The van der Waals surface area contributed by atoms with Crippen molar-refractivity contribution in [2.24, 2.45) is 0 Å². The minimum Gasteiger partial charge on any atom is -0.624 e. The Morgan fingerprint density at radius 2 is 1.93 bits per heavy atom. The van der Waals surface area contributed by atoms with Crippen LogP contribution in [0.4, 0.5) is 4.79 Å². The molecule has 1 amide bonds. The minimum atomic E-state index is -0.613. The molecule has 1 aliphatic rings. The maximum Gasteiger partial charge on any atom is 1.00 e. The molecular weight excluding hydrogens is 177 g/mol. The van der Waals surface area contributed by atoms with Crippen LogP contribution in [0.25, 0.3) is 0 Å². The fourth-order valence-corrected chi connectivity index (χ4v) is 1.74. The van der Waals surface area contributed by atoms with Crippen LogP contribution in [0.3, 0.4) is 0 Å². The van der Waals surface area contributed by atoms with Gasteiger partial charge >= 0.3 is 25.0 Å². The molecule has 0 unspecified atom stereocenters. The summed E-state index contributed by atoms with van der Waals surface area (Å²) in [4.78, 5) is 13.0. The predicted octanol–water partition coefficient (Wildman–Crippen LogP) is -1.23. The van der Waals surface area contributed by atoms with Crippen molar-refractivity contribution in [3.8, 4) is 0 Å². The monoisotopic (exact) mass is 193 g/mol. The molecule has 0 N–H and O–H groups in total. The normalized spacial score (nSPS) is 22.8. The van der Waals surface area contributed by atoms with Crippen LogP contribution in [0, 0.1) is 7.11 Å². The molecule has 0 aromatic carbocycles. The zero-order valence-electron chi connectivity index (χ0n) is 9.59. The number of ether oxygens (including phenoxy) is 2. The fourth-order valence-electron chi connectivity index (χ4n) is 1.74. The number of carbonyl (C=O) groups is 1. The first-order valence-electron chi connectivity index (χ1n) is 4.21. The number of amides is 1. The second-order valence-corrected chi connectivity index (χ2v) is 4.29. The van der Waals surface area contributed by atoms with Gasteiger partial charge in [-0.1, -0.05) is 0 Å². The van der Waals surface area contributed by atoms with Gasteiger partial charge in [-0.2, -0.15) is 7.11 Å². The quantitative estimate of drug-likeness (QED) is 0.357. The topological polar surface area (TPSA) is 38.8 Å². The number of hydrogen-bond donors (Lipinski definition) is 0. The molecule has 0 saturated carbocycles. The fraction of sp³-hybridized carbons (Fsp3) is 0.778. The molecule has 0 spiro atoms. The van der Waals surface area contributed by atoms with Gasteiger partial charge in [-0.15, -0.1) is 0 Å². The Morgan fingerprint density at radius 3 is 2.21 bits per heavy atom. The van der Waals surface area contributed by atoms with E-state index in [1.165, 1.54) is 0 Å². The number of rotatable bonds is 0. The Labute approximate surface area is 97.1 Å². The van der Waals surface area contributed by atoms with E-state index in [0.29, 0.717) is 6.61 Å². The second kappa shape index (κ2) is 4.14. The summed E-state index contributed by atoms with van der Waals surface area (Å²) >= 11 is 0. The first-order valence-corrected chi connectivity index (χ1v) is 4.21. The minimum absolute atomic E-state index is 0. The molecule has 1 fully saturated rings. The SMILES string of the molecule is [CH2-]OC(=O)N1C(C)(C)COC1(C)C.[Li+]. The van der Waals surface area contributed by atoms with E-state index >= 15 is 0 Å². The maximum atomic E-state index is 11.4. The summed E-state index contributed by atoms with van der Waals surface area (Å²) in [5, 5.41) is 0. The van der Waals surface area contributed by atoms with Crippen LogP contribution in [0.1, 0.15) is 27.7 Å². The van der Waals surface area contributed by atoms with Crippen molar-refractivity contribution in [1.29, 1.82) is 0 Å². The summed E-state index contributed by atoms with van der Waals surface area (Å²) in [6.07, 6.45) is -0.451. The van der Waals surface area contributed by atoms with E-state index in [9.17, 15) is 4.79 Å². The van der Waals surface area contributed by atoms with Crippen LogP contribution in [0.15, 0.2) is 0 Å². The van der Waals surface area contributed by atoms with Gasteiger partial charge in [0, 0.05) is 0 Å². The Hall–Kier alpha value is -0.173. The van der Waals surface area contributed by atoms with Crippen LogP contribution in [0.5, 0.6) is 0 Å². The standard InChI is InChI=1S/C9H16NO3.Li/c1-8(2)6-13-9(3,4)10(8)7(11)12-5;/h5-6H2,1-4H3;/q-1;+1. The summed E-state index contributed by atoms with van der Waals surface area (Å²) < 4.78 is 9.95. The van der Waals surface area contributed by atoms with Gasteiger partial charge in [-0.3, -0.25) is 4.90 Å². The van der Waals surface area contributed by atoms with E-state index in [1.807, 2.05) is 27.7 Å². The van der Waals surface area contributed by atoms with E-state index in [2.05, 4.69) is 11.8 Å².